The van der Waals surface area contributed by atoms with Gasteiger partial charge in [-0.2, -0.15) is 0 Å². The van der Waals surface area contributed by atoms with Crippen molar-refractivity contribution in [2.24, 2.45) is 0 Å². The van der Waals surface area contributed by atoms with Crippen molar-refractivity contribution in [1.29, 1.82) is 0 Å². The fraction of sp³-hybridized carbons (Fsp3) is 0.429. The Morgan fingerprint density at radius 3 is 2.94 bits per heavy atom. The summed E-state index contributed by atoms with van der Waals surface area (Å²) in [5.74, 6) is 0. The highest BCUT2D eigenvalue weighted by Crippen LogP contribution is 2.31. The quantitative estimate of drug-likeness (QED) is 0.806. The van der Waals surface area contributed by atoms with Crippen LogP contribution >= 0.6 is 0 Å². The van der Waals surface area contributed by atoms with Crippen molar-refractivity contribution < 1.29 is 0 Å². The second-order valence-corrected chi connectivity index (χ2v) is 5.17. The van der Waals surface area contributed by atoms with Gasteiger partial charge in [-0.15, -0.1) is 0 Å². The minimum Gasteiger partial charge on any atom is -0.361 e. The van der Waals surface area contributed by atoms with E-state index in [1.807, 2.05) is 6.20 Å². The smallest absolute Gasteiger partial charge is 0.0457 e. The Kier molecular flexibility index (Phi) is 2.25. The number of hydrogen-bond donors (Lipinski definition) is 2. The highest BCUT2D eigenvalue weighted by molar-refractivity contribution is 5.79. The zero-order valence-electron chi connectivity index (χ0n) is 9.72. The lowest BCUT2D eigenvalue weighted by atomic mass is 9.78. The van der Waals surface area contributed by atoms with E-state index in [-0.39, 0.29) is 0 Å². The minimum atomic E-state index is 0.394. The van der Waals surface area contributed by atoms with Crippen LogP contribution in [-0.2, 0) is 6.54 Å². The molecular weight excluding hydrogens is 196 g/mol. The van der Waals surface area contributed by atoms with Crippen LogP contribution in [0.2, 0.25) is 0 Å². The molecule has 1 heterocycles. The van der Waals surface area contributed by atoms with E-state index in [9.17, 15) is 0 Å². The van der Waals surface area contributed by atoms with Gasteiger partial charge >= 0.3 is 0 Å². The minimum absolute atomic E-state index is 0.394. The molecule has 1 aromatic heterocycles. The molecule has 2 heteroatoms. The zero-order valence-corrected chi connectivity index (χ0v) is 9.72. The summed E-state index contributed by atoms with van der Waals surface area (Å²) in [5.41, 5.74) is 2.99. The van der Waals surface area contributed by atoms with Crippen LogP contribution in [0.4, 0.5) is 0 Å². The molecule has 0 saturated heterocycles. The molecule has 0 spiro atoms. The Bertz CT molecular complexity index is 494. The van der Waals surface area contributed by atoms with E-state index < -0.39 is 0 Å². The molecule has 0 atom stereocenters. The van der Waals surface area contributed by atoms with Crippen LogP contribution in [-0.4, -0.2) is 10.5 Å². The van der Waals surface area contributed by atoms with Gasteiger partial charge in [-0.3, -0.25) is 0 Å². The molecule has 1 aliphatic carbocycles. The number of benzene rings is 1. The van der Waals surface area contributed by atoms with Crippen molar-refractivity contribution in [3.05, 3.63) is 36.0 Å². The van der Waals surface area contributed by atoms with Gasteiger partial charge < -0.3 is 10.3 Å². The Labute approximate surface area is 96.1 Å². The Morgan fingerprint density at radius 1 is 1.31 bits per heavy atom. The second kappa shape index (κ2) is 3.63. The molecule has 0 aliphatic heterocycles. The second-order valence-electron chi connectivity index (χ2n) is 5.17. The molecule has 0 amide bonds. The SMILES string of the molecule is CC1(NCc2ccc3cc[nH]c3c2)CCC1. The summed E-state index contributed by atoms with van der Waals surface area (Å²) >= 11 is 0. The first-order valence-corrected chi connectivity index (χ1v) is 6.06. The number of fused-ring (bicyclic) bond motifs is 1. The van der Waals surface area contributed by atoms with Gasteiger partial charge in [0.05, 0.1) is 0 Å². The average molecular weight is 214 g/mol. The third kappa shape index (κ3) is 1.74. The third-order valence-electron chi connectivity index (χ3n) is 3.80. The van der Waals surface area contributed by atoms with E-state index in [1.165, 1.54) is 35.7 Å². The summed E-state index contributed by atoms with van der Waals surface area (Å²) in [5, 5.41) is 4.95. The van der Waals surface area contributed by atoms with Gasteiger partial charge in [-0.05, 0) is 49.3 Å². The van der Waals surface area contributed by atoms with E-state index in [4.69, 9.17) is 0 Å². The highest BCUT2D eigenvalue weighted by atomic mass is 15.0. The molecule has 2 aromatic rings. The summed E-state index contributed by atoms with van der Waals surface area (Å²) in [4.78, 5) is 3.26. The van der Waals surface area contributed by atoms with E-state index in [2.05, 4.69) is 41.5 Å². The van der Waals surface area contributed by atoms with Gasteiger partial charge in [0.2, 0.25) is 0 Å². The third-order valence-corrected chi connectivity index (χ3v) is 3.80. The monoisotopic (exact) mass is 214 g/mol. The lowest BCUT2D eigenvalue weighted by molar-refractivity contribution is 0.207. The summed E-state index contributed by atoms with van der Waals surface area (Å²) in [6, 6.07) is 8.75. The number of aromatic nitrogens is 1. The first-order valence-electron chi connectivity index (χ1n) is 6.06. The van der Waals surface area contributed by atoms with Crippen LogP contribution in [0.5, 0.6) is 0 Å². The van der Waals surface area contributed by atoms with Crippen LogP contribution in [0, 0.1) is 0 Å². The number of rotatable bonds is 3. The molecule has 1 aromatic carbocycles. The standard InChI is InChI=1S/C14H18N2/c1-14(6-2-7-14)16-10-11-3-4-12-5-8-15-13(12)9-11/h3-5,8-9,15-16H,2,6-7,10H2,1H3. The lowest BCUT2D eigenvalue weighted by Gasteiger charge is -2.39. The maximum Gasteiger partial charge on any atom is 0.0457 e. The topological polar surface area (TPSA) is 27.8 Å². The lowest BCUT2D eigenvalue weighted by Crippen LogP contribution is -2.47. The number of H-pyrrole nitrogens is 1. The van der Waals surface area contributed by atoms with Gasteiger partial charge in [-0.1, -0.05) is 12.1 Å². The largest absolute Gasteiger partial charge is 0.361 e. The summed E-state index contributed by atoms with van der Waals surface area (Å²) in [6.45, 7) is 3.30. The molecule has 3 rings (SSSR count). The van der Waals surface area contributed by atoms with Crippen LogP contribution in [0.3, 0.4) is 0 Å². The molecule has 84 valence electrons. The van der Waals surface area contributed by atoms with E-state index >= 15 is 0 Å². The van der Waals surface area contributed by atoms with E-state index in [0.717, 1.165) is 6.54 Å². The number of aromatic amines is 1. The molecule has 16 heavy (non-hydrogen) atoms. The summed E-state index contributed by atoms with van der Waals surface area (Å²) < 4.78 is 0. The van der Waals surface area contributed by atoms with Crippen molar-refractivity contribution >= 4 is 10.9 Å². The van der Waals surface area contributed by atoms with Crippen LogP contribution < -0.4 is 5.32 Å². The maximum absolute atomic E-state index is 3.65. The molecule has 0 bridgehead atoms. The van der Waals surface area contributed by atoms with Crippen molar-refractivity contribution in [3.63, 3.8) is 0 Å². The molecule has 1 saturated carbocycles. The number of nitrogens with one attached hydrogen (secondary N) is 2. The van der Waals surface area contributed by atoms with Crippen LogP contribution in [0.1, 0.15) is 31.7 Å². The van der Waals surface area contributed by atoms with Gasteiger partial charge in [0.25, 0.3) is 0 Å². The predicted octanol–water partition coefficient (Wildman–Crippen LogP) is 3.20. The van der Waals surface area contributed by atoms with Crippen molar-refractivity contribution in [2.45, 2.75) is 38.3 Å². The van der Waals surface area contributed by atoms with Gasteiger partial charge in [0.1, 0.15) is 0 Å². The van der Waals surface area contributed by atoms with Crippen LogP contribution in [0.25, 0.3) is 10.9 Å². The molecule has 2 N–H and O–H groups in total. The fourth-order valence-electron chi connectivity index (χ4n) is 2.40. The average Bonchev–Trinajstić information content (AvgIpc) is 2.70. The van der Waals surface area contributed by atoms with Gasteiger partial charge in [0, 0.05) is 23.8 Å². The molecule has 1 aliphatic rings. The molecule has 0 unspecified atom stereocenters. The normalized spacial score (nSPS) is 18.6. The number of hydrogen-bond acceptors (Lipinski definition) is 1. The predicted molar refractivity (Wildman–Crippen MR) is 67.4 cm³/mol. The van der Waals surface area contributed by atoms with E-state index in [0.29, 0.717) is 5.54 Å². The van der Waals surface area contributed by atoms with Gasteiger partial charge in [0.15, 0.2) is 0 Å². The summed E-state index contributed by atoms with van der Waals surface area (Å²) in [6.07, 6.45) is 6.00. The van der Waals surface area contributed by atoms with Crippen molar-refractivity contribution in [1.82, 2.24) is 10.3 Å². The zero-order chi connectivity index (χ0) is 11.0. The highest BCUT2D eigenvalue weighted by Gasteiger charge is 2.30. The van der Waals surface area contributed by atoms with E-state index in [1.54, 1.807) is 0 Å². The van der Waals surface area contributed by atoms with Gasteiger partial charge in [-0.25, -0.2) is 0 Å². The van der Waals surface area contributed by atoms with Crippen molar-refractivity contribution in [3.8, 4) is 0 Å². The molecule has 0 radical (unpaired) electrons. The Morgan fingerprint density at radius 2 is 2.19 bits per heavy atom. The molecule has 2 nitrogen and oxygen atoms in total. The fourth-order valence-corrected chi connectivity index (χ4v) is 2.40. The van der Waals surface area contributed by atoms with Crippen LogP contribution in [0.15, 0.2) is 30.5 Å². The van der Waals surface area contributed by atoms with Crippen molar-refractivity contribution in [2.75, 3.05) is 0 Å². The first kappa shape index (κ1) is 9.91. The molecular formula is C14H18N2. The summed E-state index contributed by atoms with van der Waals surface area (Å²) in [7, 11) is 0. The molecule has 1 fully saturated rings. The maximum atomic E-state index is 3.65. The first-order chi connectivity index (χ1) is 7.75. The Balaban J connectivity index is 1.73. The Hall–Kier alpha value is -1.28.